The normalized spacial score (nSPS) is 25.1. The van der Waals surface area contributed by atoms with Crippen LogP contribution >= 0.6 is 0 Å². The lowest BCUT2D eigenvalue weighted by Crippen LogP contribution is -2.43. The van der Waals surface area contributed by atoms with Gasteiger partial charge in [0.05, 0.1) is 36.4 Å². The molecule has 2 atom stereocenters. The van der Waals surface area contributed by atoms with Crippen molar-refractivity contribution >= 4 is 28.6 Å². The number of aliphatic hydroxyl groups is 1. The summed E-state index contributed by atoms with van der Waals surface area (Å²) in [4.78, 5) is 24.2. The van der Waals surface area contributed by atoms with Gasteiger partial charge in [0.2, 0.25) is 0 Å². The molecule has 1 aliphatic carbocycles. The predicted molar refractivity (Wildman–Crippen MR) is 145 cm³/mol. The van der Waals surface area contributed by atoms with Crippen molar-refractivity contribution in [3.05, 3.63) is 30.5 Å². The van der Waals surface area contributed by atoms with E-state index in [1.54, 1.807) is 7.05 Å². The van der Waals surface area contributed by atoms with Gasteiger partial charge >= 0.3 is 6.03 Å². The number of hydrogen-bond acceptors (Lipinski definition) is 8. The fraction of sp³-hybridized carbons (Fsp3) is 0.556. The molecule has 0 radical (unpaired) electrons. The molecule has 2 aromatic heterocycles. The Morgan fingerprint density at radius 1 is 1.05 bits per heavy atom. The number of aliphatic hydroxyl groups excluding tert-OH is 1. The minimum Gasteiger partial charge on any atom is -0.395 e. The summed E-state index contributed by atoms with van der Waals surface area (Å²) in [6.07, 6.45) is 8.71. The van der Waals surface area contributed by atoms with E-state index in [0.717, 1.165) is 74.0 Å². The lowest BCUT2D eigenvalue weighted by molar-refractivity contribution is 0.0303. The van der Waals surface area contributed by atoms with Gasteiger partial charge in [0.1, 0.15) is 5.82 Å². The van der Waals surface area contributed by atoms with Gasteiger partial charge in [-0.1, -0.05) is 0 Å². The molecular weight excluding hydrogens is 484 g/mol. The second-order valence-electron chi connectivity index (χ2n) is 10.5. The number of rotatable bonds is 7. The zero-order chi connectivity index (χ0) is 26.1. The second kappa shape index (κ2) is 10.8. The molecule has 3 aromatic rings. The zero-order valence-corrected chi connectivity index (χ0v) is 21.8. The van der Waals surface area contributed by atoms with E-state index in [1.807, 2.05) is 30.5 Å². The number of nitrogens with zero attached hydrogens (tertiary/aromatic N) is 5. The number of urea groups is 1. The minimum absolute atomic E-state index is 0.165. The molecule has 11 nitrogen and oxygen atoms in total. The molecule has 3 fully saturated rings. The van der Waals surface area contributed by atoms with Gasteiger partial charge in [0.15, 0.2) is 11.5 Å². The molecule has 202 valence electrons. The third-order valence-corrected chi connectivity index (χ3v) is 7.99. The van der Waals surface area contributed by atoms with Crippen LogP contribution in [-0.2, 0) is 4.74 Å². The Balaban J connectivity index is 1.34. The molecule has 6 rings (SSSR count). The summed E-state index contributed by atoms with van der Waals surface area (Å²) in [5.74, 6) is 1.57. The zero-order valence-electron chi connectivity index (χ0n) is 21.8. The first-order valence-electron chi connectivity index (χ1n) is 13.7. The highest BCUT2D eigenvalue weighted by Gasteiger charge is 2.36. The van der Waals surface area contributed by atoms with Crippen LogP contribution in [0.1, 0.15) is 44.6 Å². The quantitative estimate of drug-likeness (QED) is 0.374. The van der Waals surface area contributed by atoms with Crippen LogP contribution in [0.2, 0.25) is 0 Å². The molecule has 4 heterocycles. The van der Waals surface area contributed by atoms with Gasteiger partial charge in [-0.05, 0) is 62.8 Å². The number of morpholine rings is 1. The first kappa shape index (κ1) is 25.0. The van der Waals surface area contributed by atoms with Crippen LogP contribution in [0.3, 0.4) is 0 Å². The highest BCUT2D eigenvalue weighted by molar-refractivity contribution is 5.90. The summed E-state index contributed by atoms with van der Waals surface area (Å²) in [6, 6.07) is 8.07. The van der Waals surface area contributed by atoms with Gasteiger partial charge in [-0.3, -0.25) is 0 Å². The molecular formula is C27H36N8O3. The van der Waals surface area contributed by atoms with Gasteiger partial charge in [-0.25, -0.2) is 19.4 Å². The van der Waals surface area contributed by atoms with Crippen LogP contribution in [0.25, 0.3) is 22.4 Å². The number of carbonyl (C=O) groups is 1. The molecule has 2 amide bonds. The molecule has 2 aliphatic heterocycles. The molecule has 0 spiro atoms. The fourth-order valence-corrected chi connectivity index (χ4v) is 6.03. The number of anilines is 2. The largest absolute Gasteiger partial charge is 0.395 e. The first-order chi connectivity index (χ1) is 18.6. The summed E-state index contributed by atoms with van der Waals surface area (Å²) < 4.78 is 8.20. The van der Waals surface area contributed by atoms with E-state index in [4.69, 9.17) is 24.9 Å². The van der Waals surface area contributed by atoms with E-state index in [-0.39, 0.29) is 30.9 Å². The van der Waals surface area contributed by atoms with Gasteiger partial charge in [0.25, 0.3) is 0 Å². The standard InChI is InChI=1S/C27H36N8O3/c1-28-27(37)31-19-4-2-17(3-5-19)24-32-25(34-15-21-10-11-22(16-34)38-21)23-14-30-35(26(23)33-24)20-8-6-18(7-9-20)29-12-13-36/h2-5,14,18,20-22,29,36H,6-13,15-16H2,1H3,(H2,28,31,37). The maximum Gasteiger partial charge on any atom is 0.318 e. The van der Waals surface area contributed by atoms with Crippen molar-refractivity contribution < 1.29 is 14.6 Å². The third-order valence-electron chi connectivity index (χ3n) is 7.99. The van der Waals surface area contributed by atoms with Crippen LogP contribution < -0.4 is 20.9 Å². The maximum absolute atomic E-state index is 11.7. The number of carbonyl (C=O) groups excluding carboxylic acids is 1. The molecule has 11 heteroatoms. The van der Waals surface area contributed by atoms with Gasteiger partial charge < -0.3 is 30.7 Å². The fourth-order valence-electron chi connectivity index (χ4n) is 6.03. The summed E-state index contributed by atoms with van der Waals surface area (Å²) in [7, 11) is 1.59. The molecule has 2 saturated heterocycles. The number of amides is 2. The maximum atomic E-state index is 11.7. The highest BCUT2D eigenvalue weighted by Crippen LogP contribution is 2.36. The van der Waals surface area contributed by atoms with E-state index in [9.17, 15) is 4.79 Å². The van der Waals surface area contributed by atoms with E-state index in [0.29, 0.717) is 24.1 Å². The lowest BCUT2D eigenvalue weighted by atomic mass is 9.91. The Hall–Kier alpha value is -3.28. The molecule has 38 heavy (non-hydrogen) atoms. The van der Waals surface area contributed by atoms with Crippen molar-refractivity contribution in [2.45, 2.75) is 62.8 Å². The number of nitrogens with one attached hydrogen (secondary N) is 3. The number of benzene rings is 1. The van der Waals surface area contributed by atoms with Crippen molar-refractivity contribution in [1.29, 1.82) is 0 Å². The molecule has 1 saturated carbocycles. The van der Waals surface area contributed by atoms with E-state index in [1.165, 1.54) is 0 Å². The number of fused-ring (bicyclic) bond motifs is 3. The summed E-state index contributed by atoms with van der Waals surface area (Å²) >= 11 is 0. The Kier molecular flexibility index (Phi) is 7.14. The van der Waals surface area contributed by atoms with Crippen LogP contribution in [0.5, 0.6) is 0 Å². The highest BCUT2D eigenvalue weighted by atomic mass is 16.5. The van der Waals surface area contributed by atoms with Crippen molar-refractivity contribution in [3.8, 4) is 11.4 Å². The molecule has 2 unspecified atom stereocenters. The number of ether oxygens (including phenoxy) is 1. The SMILES string of the molecule is CNC(=O)Nc1ccc(-c2nc(N3CC4CCC(C3)O4)c3cnn(C4CCC(NCCO)CC4)c3n2)cc1. The van der Waals surface area contributed by atoms with Crippen LogP contribution in [-0.4, -0.2) is 82.4 Å². The Bertz CT molecular complexity index is 1260. The van der Waals surface area contributed by atoms with E-state index >= 15 is 0 Å². The Morgan fingerprint density at radius 2 is 1.79 bits per heavy atom. The van der Waals surface area contributed by atoms with Crippen LogP contribution in [0.15, 0.2) is 30.5 Å². The van der Waals surface area contributed by atoms with Crippen molar-refractivity contribution in [1.82, 2.24) is 30.4 Å². The Labute approximate surface area is 222 Å². The molecule has 3 aliphatic rings. The van der Waals surface area contributed by atoms with Crippen molar-refractivity contribution in [2.24, 2.45) is 0 Å². The molecule has 1 aromatic carbocycles. The second-order valence-corrected chi connectivity index (χ2v) is 10.5. The number of aromatic nitrogens is 4. The lowest BCUT2D eigenvalue weighted by Gasteiger charge is -2.33. The summed E-state index contributed by atoms with van der Waals surface area (Å²) in [5, 5.41) is 23.8. The molecule has 4 N–H and O–H groups in total. The monoisotopic (exact) mass is 520 g/mol. The first-order valence-corrected chi connectivity index (χ1v) is 13.7. The summed E-state index contributed by atoms with van der Waals surface area (Å²) in [5.41, 5.74) is 2.45. The average molecular weight is 521 g/mol. The van der Waals surface area contributed by atoms with E-state index < -0.39 is 0 Å². The average Bonchev–Trinajstić information content (AvgIpc) is 3.54. The van der Waals surface area contributed by atoms with E-state index in [2.05, 4.69) is 25.5 Å². The van der Waals surface area contributed by atoms with Crippen LogP contribution in [0, 0.1) is 0 Å². The van der Waals surface area contributed by atoms with Gasteiger partial charge in [0, 0.05) is 44.0 Å². The smallest absolute Gasteiger partial charge is 0.318 e. The van der Waals surface area contributed by atoms with Gasteiger partial charge in [-0.2, -0.15) is 5.10 Å². The molecule has 2 bridgehead atoms. The minimum atomic E-state index is -0.259. The van der Waals surface area contributed by atoms with Gasteiger partial charge in [-0.15, -0.1) is 0 Å². The van der Waals surface area contributed by atoms with Crippen molar-refractivity contribution in [3.63, 3.8) is 0 Å². The summed E-state index contributed by atoms with van der Waals surface area (Å²) in [6.45, 7) is 2.45. The van der Waals surface area contributed by atoms with Crippen molar-refractivity contribution in [2.75, 3.05) is 43.5 Å². The number of hydrogen-bond donors (Lipinski definition) is 4. The van der Waals surface area contributed by atoms with Crippen LogP contribution in [0.4, 0.5) is 16.3 Å². The topological polar surface area (TPSA) is 129 Å². The predicted octanol–water partition coefficient (Wildman–Crippen LogP) is 2.68. The third kappa shape index (κ3) is 5.05. The Morgan fingerprint density at radius 3 is 2.47 bits per heavy atom.